The van der Waals surface area contributed by atoms with Gasteiger partial charge < -0.3 is 4.74 Å². The first-order valence-corrected chi connectivity index (χ1v) is 9.76. The largest absolute Gasteiger partial charge is 0.494 e. The summed E-state index contributed by atoms with van der Waals surface area (Å²) < 4.78 is 5.68. The van der Waals surface area contributed by atoms with Gasteiger partial charge in [-0.15, -0.1) is 6.58 Å². The number of allylic oxidation sites excluding steroid dienone is 1. The van der Waals surface area contributed by atoms with Crippen LogP contribution in [0.1, 0.15) is 62.1 Å². The third-order valence-corrected chi connectivity index (χ3v) is 4.30. The van der Waals surface area contributed by atoms with Gasteiger partial charge in [-0.3, -0.25) is 0 Å². The zero-order valence-corrected chi connectivity index (χ0v) is 16.0. The maximum atomic E-state index is 5.68. The lowest BCUT2D eigenvalue weighted by Crippen LogP contribution is -1.95. The molecule has 0 N–H and O–H groups in total. The Kier molecular flexibility index (Phi) is 9.15. The van der Waals surface area contributed by atoms with E-state index >= 15 is 0 Å². The molecule has 0 saturated heterocycles. The fourth-order valence-electron chi connectivity index (χ4n) is 2.66. The average Bonchev–Trinajstić information content (AvgIpc) is 2.68. The Morgan fingerprint density at radius 2 is 1.50 bits per heavy atom. The van der Waals surface area contributed by atoms with E-state index in [1.165, 1.54) is 24.8 Å². The standard InChI is InChI=1S/C25H30O/c1-3-5-7-8-9-10-22-11-13-23(14-12-22)15-16-24-17-19-25(20-18-24)26-21-6-4-2/h3,11-14,17-20H,1,4-10,21H2,2H3. The molecule has 0 atom stereocenters. The Morgan fingerprint density at radius 1 is 0.846 bits per heavy atom. The van der Waals surface area contributed by atoms with E-state index in [9.17, 15) is 0 Å². The number of unbranched alkanes of at least 4 members (excludes halogenated alkanes) is 4. The fraction of sp³-hybridized carbons (Fsp3) is 0.360. The summed E-state index contributed by atoms with van der Waals surface area (Å²) in [4.78, 5) is 0. The Hall–Kier alpha value is -2.46. The minimum Gasteiger partial charge on any atom is -0.494 e. The molecule has 0 radical (unpaired) electrons. The third-order valence-electron chi connectivity index (χ3n) is 4.30. The van der Waals surface area contributed by atoms with Crippen molar-refractivity contribution in [3.8, 4) is 17.6 Å². The number of hydrogen-bond acceptors (Lipinski definition) is 1. The van der Waals surface area contributed by atoms with Gasteiger partial charge >= 0.3 is 0 Å². The van der Waals surface area contributed by atoms with Crippen molar-refractivity contribution in [3.63, 3.8) is 0 Å². The smallest absolute Gasteiger partial charge is 0.119 e. The van der Waals surface area contributed by atoms with Gasteiger partial charge in [0.2, 0.25) is 0 Å². The molecule has 0 spiro atoms. The van der Waals surface area contributed by atoms with Crippen molar-refractivity contribution in [3.05, 3.63) is 77.9 Å². The predicted octanol–water partition coefficient (Wildman–Crippen LogP) is 6.55. The molecule has 0 heterocycles. The van der Waals surface area contributed by atoms with E-state index in [0.29, 0.717) is 0 Å². The van der Waals surface area contributed by atoms with Crippen LogP contribution in [0.4, 0.5) is 0 Å². The summed E-state index contributed by atoms with van der Waals surface area (Å²) in [6.07, 6.45) is 10.3. The van der Waals surface area contributed by atoms with Gasteiger partial charge in [0, 0.05) is 11.1 Å². The lowest BCUT2D eigenvalue weighted by Gasteiger charge is -2.04. The van der Waals surface area contributed by atoms with Gasteiger partial charge in [-0.2, -0.15) is 0 Å². The molecule has 1 nitrogen and oxygen atoms in total. The van der Waals surface area contributed by atoms with Gasteiger partial charge in [0.05, 0.1) is 6.61 Å². The highest BCUT2D eigenvalue weighted by Crippen LogP contribution is 2.13. The number of aryl methyl sites for hydroxylation is 1. The predicted molar refractivity (Wildman–Crippen MR) is 112 cm³/mol. The molecular weight excluding hydrogens is 316 g/mol. The van der Waals surface area contributed by atoms with E-state index in [1.807, 2.05) is 30.3 Å². The number of ether oxygens (including phenoxy) is 1. The van der Waals surface area contributed by atoms with Gasteiger partial charge in [0.1, 0.15) is 5.75 Å². The monoisotopic (exact) mass is 346 g/mol. The van der Waals surface area contributed by atoms with E-state index in [2.05, 4.69) is 49.6 Å². The Labute approximate surface area is 159 Å². The summed E-state index contributed by atoms with van der Waals surface area (Å²) in [5.74, 6) is 7.39. The van der Waals surface area contributed by atoms with Gasteiger partial charge in [-0.25, -0.2) is 0 Å². The van der Waals surface area contributed by atoms with Gasteiger partial charge in [0.15, 0.2) is 0 Å². The molecular formula is C25H30O. The van der Waals surface area contributed by atoms with E-state index < -0.39 is 0 Å². The molecule has 0 unspecified atom stereocenters. The van der Waals surface area contributed by atoms with Gasteiger partial charge in [-0.1, -0.05) is 49.8 Å². The SMILES string of the molecule is C=CCCCCCc1ccc(C#Cc2ccc(OCCCC)cc2)cc1. The summed E-state index contributed by atoms with van der Waals surface area (Å²) in [6, 6.07) is 16.7. The Bertz CT molecular complexity index is 699. The number of hydrogen-bond donors (Lipinski definition) is 0. The van der Waals surface area contributed by atoms with Crippen molar-refractivity contribution in [1.29, 1.82) is 0 Å². The van der Waals surface area contributed by atoms with Crippen molar-refractivity contribution >= 4 is 0 Å². The first-order chi connectivity index (χ1) is 12.8. The number of rotatable bonds is 10. The molecule has 1 heteroatoms. The van der Waals surface area contributed by atoms with E-state index in [4.69, 9.17) is 4.74 Å². The first-order valence-electron chi connectivity index (χ1n) is 9.76. The molecule has 0 aliphatic rings. The fourth-order valence-corrected chi connectivity index (χ4v) is 2.66. The van der Waals surface area contributed by atoms with Crippen LogP contribution in [0.15, 0.2) is 61.2 Å². The molecule has 136 valence electrons. The molecule has 2 aromatic carbocycles. The maximum absolute atomic E-state index is 5.68. The van der Waals surface area contributed by atoms with E-state index in [0.717, 1.165) is 49.2 Å². The van der Waals surface area contributed by atoms with Crippen LogP contribution in [0.2, 0.25) is 0 Å². The van der Waals surface area contributed by atoms with Crippen LogP contribution in [0.25, 0.3) is 0 Å². The van der Waals surface area contributed by atoms with Crippen molar-refractivity contribution < 1.29 is 4.74 Å². The van der Waals surface area contributed by atoms with Crippen molar-refractivity contribution in [1.82, 2.24) is 0 Å². The highest BCUT2D eigenvalue weighted by Gasteiger charge is 1.95. The zero-order valence-electron chi connectivity index (χ0n) is 16.0. The number of benzene rings is 2. The lowest BCUT2D eigenvalue weighted by molar-refractivity contribution is 0.309. The van der Waals surface area contributed by atoms with E-state index in [-0.39, 0.29) is 0 Å². The van der Waals surface area contributed by atoms with Crippen LogP contribution in [0.5, 0.6) is 5.75 Å². The van der Waals surface area contributed by atoms with E-state index in [1.54, 1.807) is 0 Å². The molecule has 0 amide bonds. The minimum atomic E-state index is 0.780. The van der Waals surface area contributed by atoms with Crippen LogP contribution in [-0.2, 0) is 6.42 Å². The third kappa shape index (κ3) is 7.62. The van der Waals surface area contributed by atoms with Crippen LogP contribution in [0, 0.1) is 11.8 Å². The first kappa shape index (κ1) is 19.9. The van der Waals surface area contributed by atoms with Crippen LogP contribution in [-0.4, -0.2) is 6.61 Å². The second-order valence-electron chi connectivity index (χ2n) is 6.56. The zero-order chi connectivity index (χ0) is 18.5. The molecule has 0 fully saturated rings. The van der Waals surface area contributed by atoms with Crippen LogP contribution < -0.4 is 4.74 Å². The molecule has 0 saturated carbocycles. The second-order valence-corrected chi connectivity index (χ2v) is 6.56. The van der Waals surface area contributed by atoms with Crippen LogP contribution in [0.3, 0.4) is 0 Å². The van der Waals surface area contributed by atoms with Crippen molar-refractivity contribution in [2.75, 3.05) is 6.61 Å². The van der Waals surface area contributed by atoms with Crippen molar-refractivity contribution in [2.45, 2.75) is 51.9 Å². The highest BCUT2D eigenvalue weighted by atomic mass is 16.5. The van der Waals surface area contributed by atoms with Gasteiger partial charge in [-0.05, 0) is 74.1 Å². The highest BCUT2D eigenvalue weighted by molar-refractivity contribution is 5.44. The Balaban J connectivity index is 1.82. The molecule has 26 heavy (non-hydrogen) atoms. The topological polar surface area (TPSA) is 9.23 Å². The normalized spacial score (nSPS) is 10.0. The summed E-state index contributed by atoms with van der Waals surface area (Å²) in [7, 11) is 0. The van der Waals surface area contributed by atoms with Crippen molar-refractivity contribution in [2.24, 2.45) is 0 Å². The quantitative estimate of drug-likeness (QED) is 0.269. The van der Waals surface area contributed by atoms with Crippen LogP contribution >= 0.6 is 0 Å². The summed E-state index contributed by atoms with van der Waals surface area (Å²) in [5, 5.41) is 0. The second kappa shape index (κ2) is 12.0. The molecule has 2 rings (SSSR count). The molecule has 0 aliphatic carbocycles. The Morgan fingerprint density at radius 3 is 2.12 bits per heavy atom. The molecule has 0 aromatic heterocycles. The molecule has 2 aromatic rings. The molecule has 0 bridgehead atoms. The summed E-state index contributed by atoms with van der Waals surface area (Å²) in [6.45, 7) is 6.71. The maximum Gasteiger partial charge on any atom is 0.119 e. The lowest BCUT2D eigenvalue weighted by atomic mass is 10.0. The van der Waals surface area contributed by atoms with Gasteiger partial charge in [0.25, 0.3) is 0 Å². The minimum absolute atomic E-state index is 0.780. The summed E-state index contributed by atoms with van der Waals surface area (Å²) >= 11 is 0. The summed E-state index contributed by atoms with van der Waals surface area (Å²) in [5.41, 5.74) is 3.46. The average molecular weight is 347 g/mol. The molecule has 0 aliphatic heterocycles.